The van der Waals surface area contributed by atoms with Gasteiger partial charge in [-0.3, -0.25) is 4.79 Å². The molecule has 0 fully saturated rings. The number of H-pyrrole nitrogens is 1. The minimum Gasteiger partial charge on any atom is -0.355 e. The van der Waals surface area contributed by atoms with E-state index in [-0.39, 0.29) is 5.91 Å². The van der Waals surface area contributed by atoms with Crippen LogP contribution in [0.4, 0.5) is 0 Å². The van der Waals surface area contributed by atoms with E-state index in [1.54, 1.807) is 0 Å². The largest absolute Gasteiger partial charge is 0.355 e. The molecule has 3 rings (SSSR count). The summed E-state index contributed by atoms with van der Waals surface area (Å²) in [6, 6.07) is 18.7. The van der Waals surface area contributed by atoms with Crippen molar-refractivity contribution in [3.05, 3.63) is 66.0 Å². The molecular weight excluding hydrogens is 286 g/mol. The van der Waals surface area contributed by atoms with Crippen LogP contribution >= 0.6 is 0 Å². The first-order chi connectivity index (χ1) is 11.3. The second-order valence-electron chi connectivity index (χ2n) is 5.61. The van der Waals surface area contributed by atoms with Crippen molar-refractivity contribution in [3.8, 4) is 0 Å². The molecule has 3 aromatic rings. The van der Waals surface area contributed by atoms with Gasteiger partial charge in [-0.15, -0.1) is 0 Å². The molecule has 0 atom stereocenters. The van der Waals surface area contributed by atoms with Crippen LogP contribution in [0.3, 0.4) is 0 Å². The van der Waals surface area contributed by atoms with E-state index < -0.39 is 0 Å². The first-order valence-electron chi connectivity index (χ1n) is 8.08. The third-order valence-electron chi connectivity index (χ3n) is 3.99. The van der Waals surface area contributed by atoms with Gasteiger partial charge in [0.05, 0.1) is 6.42 Å². The third kappa shape index (κ3) is 3.59. The van der Waals surface area contributed by atoms with Crippen LogP contribution in [0.15, 0.2) is 54.6 Å². The summed E-state index contributed by atoms with van der Waals surface area (Å²) >= 11 is 0. The summed E-state index contributed by atoms with van der Waals surface area (Å²) < 4.78 is 2.29. The Morgan fingerprint density at radius 2 is 1.83 bits per heavy atom. The number of para-hydroxylation sites is 2. The minimum absolute atomic E-state index is 0.0933. The number of imidazole rings is 1. The summed E-state index contributed by atoms with van der Waals surface area (Å²) in [5.41, 5.74) is 3.58. The van der Waals surface area contributed by atoms with Gasteiger partial charge in [0.15, 0.2) is 11.0 Å². The van der Waals surface area contributed by atoms with Crippen LogP contribution in [0, 0.1) is 0 Å². The molecule has 2 N–H and O–H groups in total. The number of aromatic amines is 1. The molecule has 0 unspecified atom stereocenters. The maximum atomic E-state index is 11.4. The monoisotopic (exact) mass is 308 g/mol. The Morgan fingerprint density at radius 3 is 2.61 bits per heavy atom. The summed E-state index contributed by atoms with van der Waals surface area (Å²) in [5.74, 6) is 1.22. The molecule has 0 saturated carbocycles. The molecule has 1 amide bonds. The van der Waals surface area contributed by atoms with Crippen LogP contribution in [-0.4, -0.2) is 17.4 Å². The van der Waals surface area contributed by atoms with E-state index in [2.05, 4.69) is 57.3 Å². The fraction of sp³-hybridized carbons (Fsp3) is 0.263. The lowest BCUT2D eigenvalue weighted by atomic mass is 10.2. The van der Waals surface area contributed by atoms with Crippen molar-refractivity contribution in [3.63, 3.8) is 0 Å². The number of rotatable bonds is 6. The molecule has 118 valence electrons. The minimum atomic E-state index is 0.0933. The summed E-state index contributed by atoms with van der Waals surface area (Å²) in [4.78, 5) is 14.9. The molecule has 0 aliphatic heterocycles. The Labute approximate surface area is 136 Å². The first-order valence-corrected chi connectivity index (χ1v) is 8.08. The Balaban J connectivity index is 1.87. The quantitative estimate of drug-likeness (QED) is 0.676. The number of amides is 1. The van der Waals surface area contributed by atoms with Gasteiger partial charge < -0.3 is 5.32 Å². The van der Waals surface area contributed by atoms with Crippen molar-refractivity contribution >= 4 is 16.9 Å². The van der Waals surface area contributed by atoms with E-state index in [1.807, 2.05) is 19.1 Å². The smallest absolute Gasteiger partial charge is 0.257 e. The highest BCUT2D eigenvalue weighted by Gasteiger charge is 2.18. The van der Waals surface area contributed by atoms with Crippen molar-refractivity contribution in [2.24, 2.45) is 0 Å². The molecular formula is C19H22N3O+. The number of hydrogen-bond donors (Lipinski definition) is 2. The fourth-order valence-corrected chi connectivity index (χ4v) is 2.77. The predicted molar refractivity (Wildman–Crippen MR) is 91.0 cm³/mol. The summed E-state index contributed by atoms with van der Waals surface area (Å²) in [5, 5.41) is 2.94. The molecule has 0 aliphatic rings. The molecule has 2 aromatic carbocycles. The fourth-order valence-electron chi connectivity index (χ4n) is 2.77. The Kier molecular flexibility index (Phi) is 4.71. The SMILES string of the molecule is CCC(=O)NCCc1[nH]c2ccccc2[n+]1Cc1ccccc1. The van der Waals surface area contributed by atoms with Gasteiger partial charge in [0.2, 0.25) is 5.91 Å². The number of hydrogen-bond acceptors (Lipinski definition) is 1. The van der Waals surface area contributed by atoms with Gasteiger partial charge in [0.1, 0.15) is 6.54 Å². The lowest BCUT2D eigenvalue weighted by molar-refractivity contribution is -0.669. The Hall–Kier alpha value is -2.62. The van der Waals surface area contributed by atoms with E-state index in [4.69, 9.17) is 0 Å². The number of benzene rings is 2. The number of carbonyl (C=O) groups excluding carboxylic acids is 1. The zero-order valence-corrected chi connectivity index (χ0v) is 13.4. The summed E-state index contributed by atoms with van der Waals surface area (Å²) in [6.45, 7) is 3.34. The Morgan fingerprint density at radius 1 is 1.09 bits per heavy atom. The van der Waals surface area contributed by atoms with Crippen LogP contribution < -0.4 is 9.88 Å². The maximum absolute atomic E-state index is 11.4. The Bertz CT molecular complexity index is 793. The highest BCUT2D eigenvalue weighted by Crippen LogP contribution is 2.11. The number of carbonyl (C=O) groups is 1. The zero-order valence-electron chi connectivity index (χ0n) is 13.4. The van der Waals surface area contributed by atoms with Gasteiger partial charge in [0.25, 0.3) is 5.82 Å². The van der Waals surface area contributed by atoms with E-state index >= 15 is 0 Å². The number of nitrogens with one attached hydrogen (secondary N) is 2. The van der Waals surface area contributed by atoms with Crippen molar-refractivity contribution in [2.75, 3.05) is 6.54 Å². The van der Waals surface area contributed by atoms with E-state index in [1.165, 1.54) is 11.1 Å². The zero-order chi connectivity index (χ0) is 16.1. The van der Waals surface area contributed by atoms with E-state index in [0.29, 0.717) is 13.0 Å². The second-order valence-corrected chi connectivity index (χ2v) is 5.61. The standard InChI is InChI=1S/C19H21N3O/c1-2-19(23)20-13-12-18-21-16-10-6-7-11-17(16)22(18)14-15-8-4-3-5-9-15/h3-11H,2,12-14H2,1H3,(H,20,23)/p+1. The van der Waals surface area contributed by atoms with Crippen LogP contribution in [0.1, 0.15) is 24.7 Å². The lowest BCUT2D eigenvalue weighted by Gasteiger charge is -2.04. The maximum Gasteiger partial charge on any atom is 0.257 e. The van der Waals surface area contributed by atoms with Gasteiger partial charge in [-0.2, -0.15) is 0 Å². The number of fused-ring (bicyclic) bond motifs is 1. The number of aromatic nitrogens is 2. The second kappa shape index (κ2) is 7.09. The molecule has 0 saturated heterocycles. The topological polar surface area (TPSA) is 48.8 Å². The van der Waals surface area contributed by atoms with Crippen molar-refractivity contribution < 1.29 is 9.36 Å². The van der Waals surface area contributed by atoms with E-state index in [9.17, 15) is 4.79 Å². The molecule has 23 heavy (non-hydrogen) atoms. The summed E-state index contributed by atoms with van der Waals surface area (Å²) in [6.07, 6.45) is 1.31. The van der Waals surface area contributed by atoms with Crippen LogP contribution in [0.2, 0.25) is 0 Å². The highest BCUT2D eigenvalue weighted by atomic mass is 16.1. The van der Waals surface area contributed by atoms with Gasteiger partial charge in [0, 0.05) is 13.0 Å². The first kappa shape index (κ1) is 15.3. The van der Waals surface area contributed by atoms with Crippen molar-refractivity contribution in [1.82, 2.24) is 10.3 Å². The van der Waals surface area contributed by atoms with Crippen molar-refractivity contribution in [1.29, 1.82) is 0 Å². The molecule has 4 heteroatoms. The average molecular weight is 308 g/mol. The molecule has 0 aliphatic carbocycles. The molecule has 0 spiro atoms. The number of nitrogens with zero attached hydrogens (tertiary/aromatic N) is 1. The average Bonchev–Trinajstić information content (AvgIpc) is 2.93. The van der Waals surface area contributed by atoms with Gasteiger partial charge in [-0.05, 0) is 17.7 Å². The predicted octanol–water partition coefficient (Wildman–Crippen LogP) is 2.57. The van der Waals surface area contributed by atoms with E-state index in [0.717, 1.165) is 24.3 Å². The third-order valence-corrected chi connectivity index (χ3v) is 3.99. The van der Waals surface area contributed by atoms with Gasteiger partial charge in [-0.25, -0.2) is 9.55 Å². The molecule has 0 radical (unpaired) electrons. The van der Waals surface area contributed by atoms with Crippen LogP contribution in [-0.2, 0) is 17.8 Å². The van der Waals surface area contributed by atoms with Crippen molar-refractivity contribution in [2.45, 2.75) is 26.3 Å². The van der Waals surface area contributed by atoms with Crippen LogP contribution in [0.25, 0.3) is 11.0 Å². The van der Waals surface area contributed by atoms with Crippen LogP contribution in [0.5, 0.6) is 0 Å². The normalized spacial score (nSPS) is 10.8. The highest BCUT2D eigenvalue weighted by molar-refractivity contribution is 5.75. The molecule has 0 bridgehead atoms. The molecule has 1 heterocycles. The molecule has 4 nitrogen and oxygen atoms in total. The summed E-state index contributed by atoms with van der Waals surface area (Å²) in [7, 11) is 0. The van der Waals surface area contributed by atoms with Gasteiger partial charge in [-0.1, -0.05) is 49.4 Å². The lowest BCUT2D eigenvalue weighted by Crippen LogP contribution is -2.39. The molecule has 1 aromatic heterocycles. The van der Waals surface area contributed by atoms with Gasteiger partial charge >= 0.3 is 0 Å².